The average molecular weight is 264 g/mol. The van der Waals surface area contributed by atoms with E-state index in [4.69, 9.17) is 9.84 Å². The molecule has 0 radical (unpaired) electrons. The molecule has 1 aliphatic carbocycles. The topological polar surface area (TPSA) is 88.5 Å². The highest BCUT2D eigenvalue weighted by atomic mass is 16.5. The zero-order chi connectivity index (χ0) is 13.7. The van der Waals surface area contributed by atoms with Gasteiger partial charge < -0.3 is 15.2 Å². The minimum absolute atomic E-state index is 0.00339. The van der Waals surface area contributed by atoms with Gasteiger partial charge in [-0.1, -0.05) is 12.8 Å². The van der Waals surface area contributed by atoms with E-state index in [2.05, 4.69) is 10.3 Å². The lowest BCUT2D eigenvalue weighted by atomic mass is 10.2. The molecule has 0 saturated heterocycles. The summed E-state index contributed by atoms with van der Waals surface area (Å²) in [4.78, 5) is 26.4. The number of pyridine rings is 1. The third-order valence-electron chi connectivity index (χ3n) is 3.09. The van der Waals surface area contributed by atoms with Gasteiger partial charge in [-0.3, -0.25) is 9.78 Å². The Balaban J connectivity index is 1.87. The second-order valence-corrected chi connectivity index (χ2v) is 4.51. The van der Waals surface area contributed by atoms with E-state index in [0.29, 0.717) is 0 Å². The molecule has 102 valence electrons. The number of aromatic carboxylic acids is 1. The normalized spacial score (nSPS) is 15.2. The third kappa shape index (κ3) is 3.67. The number of carboxylic acids is 1. The van der Waals surface area contributed by atoms with E-state index in [0.717, 1.165) is 25.7 Å². The molecule has 2 rings (SSSR count). The second kappa shape index (κ2) is 6.17. The van der Waals surface area contributed by atoms with Crippen molar-refractivity contribution in [1.29, 1.82) is 0 Å². The number of amides is 1. The van der Waals surface area contributed by atoms with E-state index in [1.807, 2.05) is 0 Å². The summed E-state index contributed by atoms with van der Waals surface area (Å²) in [5.41, 5.74) is 0.00339. The van der Waals surface area contributed by atoms with Crippen molar-refractivity contribution in [3.05, 3.63) is 24.0 Å². The van der Waals surface area contributed by atoms with Crippen LogP contribution in [0.3, 0.4) is 0 Å². The molecule has 0 aromatic carbocycles. The number of carbonyl (C=O) groups is 2. The number of hydrogen-bond acceptors (Lipinski definition) is 4. The zero-order valence-corrected chi connectivity index (χ0v) is 10.5. The van der Waals surface area contributed by atoms with Crippen LogP contribution in [-0.4, -0.2) is 34.6 Å². The molecule has 0 unspecified atom stereocenters. The van der Waals surface area contributed by atoms with Crippen molar-refractivity contribution in [3.63, 3.8) is 0 Å². The standard InChI is InChI=1S/C13H16N2O4/c16-12(15-9-3-1-2-4-9)8-19-11-7-14-6-5-10(11)13(17)18/h5-7,9H,1-4,8H2,(H,15,16)(H,17,18). The Morgan fingerprint density at radius 2 is 2.16 bits per heavy atom. The van der Waals surface area contributed by atoms with E-state index < -0.39 is 5.97 Å². The van der Waals surface area contributed by atoms with Crippen molar-refractivity contribution in [1.82, 2.24) is 10.3 Å². The van der Waals surface area contributed by atoms with Crippen molar-refractivity contribution >= 4 is 11.9 Å². The molecular formula is C13H16N2O4. The molecule has 1 aromatic rings. The number of ether oxygens (including phenoxy) is 1. The predicted molar refractivity (Wildman–Crippen MR) is 67.1 cm³/mol. The Morgan fingerprint density at radius 3 is 2.84 bits per heavy atom. The van der Waals surface area contributed by atoms with E-state index in [1.165, 1.54) is 18.5 Å². The number of nitrogens with zero attached hydrogens (tertiary/aromatic N) is 1. The van der Waals surface area contributed by atoms with Crippen LogP contribution in [0.5, 0.6) is 5.75 Å². The third-order valence-corrected chi connectivity index (χ3v) is 3.09. The minimum Gasteiger partial charge on any atom is -0.481 e. The van der Waals surface area contributed by atoms with Crippen molar-refractivity contribution in [2.75, 3.05) is 6.61 Å². The largest absolute Gasteiger partial charge is 0.481 e. The number of nitrogens with one attached hydrogen (secondary N) is 1. The Bertz CT molecular complexity index is 469. The maximum Gasteiger partial charge on any atom is 0.339 e. The Morgan fingerprint density at radius 1 is 1.42 bits per heavy atom. The number of carbonyl (C=O) groups excluding carboxylic acids is 1. The van der Waals surface area contributed by atoms with Crippen molar-refractivity contribution in [2.24, 2.45) is 0 Å². The molecule has 0 atom stereocenters. The number of carboxylic acid groups (broad SMARTS) is 1. The monoisotopic (exact) mass is 264 g/mol. The summed E-state index contributed by atoms with van der Waals surface area (Å²) in [7, 11) is 0. The Kier molecular flexibility index (Phi) is 4.33. The lowest BCUT2D eigenvalue weighted by Gasteiger charge is -2.13. The van der Waals surface area contributed by atoms with Crippen LogP contribution in [-0.2, 0) is 4.79 Å². The molecule has 1 aliphatic rings. The summed E-state index contributed by atoms with van der Waals surface area (Å²) in [5.74, 6) is -1.22. The maximum absolute atomic E-state index is 11.6. The first kappa shape index (κ1) is 13.3. The van der Waals surface area contributed by atoms with E-state index in [1.54, 1.807) is 0 Å². The van der Waals surface area contributed by atoms with Crippen LogP contribution >= 0.6 is 0 Å². The van der Waals surface area contributed by atoms with Gasteiger partial charge in [0.25, 0.3) is 5.91 Å². The highest BCUT2D eigenvalue weighted by Gasteiger charge is 2.18. The molecule has 0 bridgehead atoms. The van der Waals surface area contributed by atoms with Crippen LogP contribution in [0.4, 0.5) is 0 Å². The van der Waals surface area contributed by atoms with Crippen LogP contribution in [0.2, 0.25) is 0 Å². The van der Waals surface area contributed by atoms with Crippen LogP contribution < -0.4 is 10.1 Å². The van der Waals surface area contributed by atoms with Gasteiger partial charge in [0.15, 0.2) is 12.4 Å². The molecule has 1 heterocycles. The van der Waals surface area contributed by atoms with Gasteiger partial charge in [-0.2, -0.15) is 0 Å². The fraction of sp³-hybridized carbons (Fsp3) is 0.462. The van der Waals surface area contributed by atoms with Crippen molar-refractivity contribution in [2.45, 2.75) is 31.7 Å². The second-order valence-electron chi connectivity index (χ2n) is 4.51. The minimum atomic E-state index is -1.10. The molecule has 1 amide bonds. The summed E-state index contributed by atoms with van der Waals surface area (Å²) < 4.78 is 5.22. The fourth-order valence-electron chi connectivity index (χ4n) is 2.15. The summed E-state index contributed by atoms with van der Waals surface area (Å²) in [6.45, 7) is -0.192. The molecule has 2 N–H and O–H groups in total. The summed E-state index contributed by atoms with van der Waals surface area (Å²) in [5, 5.41) is 11.8. The van der Waals surface area contributed by atoms with E-state index in [-0.39, 0.29) is 29.9 Å². The lowest BCUT2D eigenvalue weighted by Crippen LogP contribution is -2.36. The first-order valence-corrected chi connectivity index (χ1v) is 6.26. The van der Waals surface area contributed by atoms with Crippen LogP contribution in [0.1, 0.15) is 36.0 Å². The fourth-order valence-corrected chi connectivity index (χ4v) is 2.15. The van der Waals surface area contributed by atoms with Gasteiger partial charge in [0, 0.05) is 12.2 Å². The van der Waals surface area contributed by atoms with E-state index in [9.17, 15) is 9.59 Å². The Hall–Kier alpha value is -2.11. The number of aromatic nitrogens is 1. The summed E-state index contributed by atoms with van der Waals surface area (Å²) >= 11 is 0. The molecule has 0 spiro atoms. The molecule has 6 heteroatoms. The molecule has 6 nitrogen and oxygen atoms in total. The number of rotatable bonds is 5. The molecular weight excluding hydrogens is 248 g/mol. The molecule has 0 aliphatic heterocycles. The van der Waals surface area contributed by atoms with Crippen molar-refractivity contribution < 1.29 is 19.4 Å². The van der Waals surface area contributed by atoms with Gasteiger partial charge in [0.05, 0.1) is 6.20 Å². The summed E-state index contributed by atoms with van der Waals surface area (Å²) in [6.07, 6.45) is 6.94. The van der Waals surface area contributed by atoms with Crippen LogP contribution in [0.15, 0.2) is 18.5 Å². The highest BCUT2D eigenvalue weighted by Crippen LogP contribution is 2.18. The summed E-state index contributed by atoms with van der Waals surface area (Å²) in [6, 6.07) is 1.57. The quantitative estimate of drug-likeness (QED) is 0.834. The molecule has 1 aromatic heterocycles. The zero-order valence-electron chi connectivity index (χ0n) is 10.5. The van der Waals surface area contributed by atoms with E-state index >= 15 is 0 Å². The van der Waals surface area contributed by atoms with Gasteiger partial charge >= 0.3 is 5.97 Å². The van der Waals surface area contributed by atoms with Gasteiger partial charge in [-0.15, -0.1) is 0 Å². The van der Waals surface area contributed by atoms with Crippen molar-refractivity contribution in [3.8, 4) is 5.75 Å². The molecule has 1 saturated carbocycles. The highest BCUT2D eigenvalue weighted by molar-refractivity contribution is 5.90. The van der Waals surface area contributed by atoms with Crippen LogP contribution in [0.25, 0.3) is 0 Å². The Labute approximate surface area is 110 Å². The lowest BCUT2D eigenvalue weighted by molar-refractivity contribution is -0.123. The smallest absolute Gasteiger partial charge is 0.339 e. The first-order chi connectivity index (χ1) is 9.16. The van der Waals surface area contributed by atoms with Gasteiger partial charge in [0.1, 0.15) is 5.56 Å². The van der Waals surface area contributed by atoms with Crippen LogP contribution in [0, 0.1) is 0 Å². The number of hydrogen-bond donors (Lipinski definition) is 2. The first-order valence-electron chi connectivity index (χ1n) is 6.26. The van der Waals surface area contributed by atoms with Gasteiger partial charge in [0.2, 0.25) is 0 Å². The molecule has 1 fully saturated rings. The maximum atomic E-state index is 11.6. The molecule has 19 heavy (non-hydrogen) atoms. The van der Waals surface area contributed by atoms with Gasteiger partial charge in [-0.25, -0.2) is 4.79 Å². The SMILES string of the molecule is O=C(COc1cnccc1C(=O)O)NC1CCCC1. The predicted octanol–water partition coefficient (Wildman–Crippen LogP) is 1.22. The van der Waals surface area contributed by atoms with Gasteiger partial charge in [-0.05, 0) is 18.9 Å². The average Bonchev–Trinajstić information content (AvgIpc) is 2.89.